The molecule has 2 amide bonds. The van der Waals surface area contributed by atoms with Crippen LogP contribution in [0.3, 0.4) is 0 Å². The zero-order chi connectivity index (χ0) is 21.3. The second-order valence-electron chi connectivity index (χ2n) is 7.07. The highest BCUT2D eigenvalue weighted by atomic mass is 35.5. The third-order valence-electron chi connectivity index (χ3n) is 5.07. The normalized spacial score (nSPS) is 10.8. The number of aryl methyl sites for hydroxylation is 1. The van der Waals surface area contributed by atoms with Crippen molar-refractivity contribution < 1.29 is 9.53 Å². The van der Waals surface area contributed by atoms with Gasteiger partial charge in [0.05, 0.1) is 13.2 Å². The van der Waals surface area contributed by atoms with Crippen LogP contribution in [0.5, 0.6) is 0 Å². The van der Waals surface area contributed by atoms with Crippen molar-refractivity contribution in [2.75, 3.05) is 25.6 Å². The number of anilines is 1. The van der Waals surface area contributed by atoms with Crippen molar-refractivity contribution >= 4 is 23.3 Å². The summed E-state index contributed by atoms with van der Waals surface area (Å²) in [5, 5.41) is 3.80. The lowest BCUT2D eigenvalue weighted by Gasteiger charge is -2.24. The summed E-state index contributed by atoms with van der Waals surface area (Å²) in [6, 6.07) is 19.6. The third kappa shape index (κ3) is 5.65. The second-order valence-corrected chi connectivity index (χ2v) is 7.48. The van der Waals surface area contributed by atoms with Crippen molar-refractivity contribution in [1.29, 1.82) is 0 Å². The molecule has 0 aliphatic carbocycles. The van der Waals surface area contributed by atoms with Gasteiger partial charge in [-0.2, -0.15) is 0 Å². The molecule has 1 N–H and O–H groups in total. The number of methoxy groups -OCH3 is 1. The number of ether oxygens (including phenoxy) is 1. The van der Waals surface area contributed by atoms with Crippen LogP contribution in [0.2, 0.25) is 5.02 Å². The Morgan fingerprint density at radius 2 is 1.80 bits per heavy atom. The van der Waals surface area contributed by atoms with Crippen LogP contribution in [0, 0.1) is 0 Å². The monoisotopic (exact) mass is 425 g/mol. The maximum absolute atomic E-state index is 13.1. The Labute approximate surface area is 183 Å². The van der Waals surface area contributed by atoms with E-state index in [2.05, 4.69) is 16.8 Å². The molecule has 30 heavy (non-hydrogen) atoms. The van der Waals surface area contributed by atoms with Crippen molar-refractivity contribution in [3.05, 3.63) is 88.7 Å². The molecule has 0 bridgehead atoms. The lowest BCUT2D eigenvalue weighted by atomic mass is 10.1. The summed E-state index contributed by atoms with van der Waals surface area (Å²) >= 11 is 6.33. The number of rotatable bonds is 9. The molecule has 0 fully saturated rings. The minimum Gasteiger partial charge on any atom is -0.383 e. The smallest absolute Gasteiger partial charge is 0.322 e. The minimum atomic E-state index is -0.140. The number of nitrogens with one attached hydrogen (secondary N) is 1. The van der Waals surface area contributed by atoms with E-state index in [9.17, 15) is 4.79 Å². The standard InChI is InChI=1S/C24H28ClN3O2/c1-3-19-9-5-7-13-23(19)26-24(29)28(15-16-30-2)18-21-11-8-14-27(21)17-20-10-4-6-12-22(20)25/h4-14H,3,15-18H2,1-2H3,(H,26,29). The molecule has 2 aromatic carbocycles. The van der Waals surface area contributed by atoms with Gasteiger partial charge in [-0.25, -0.2) is 4.79 Å². The second kappa shape index (κ2) is 10.9. The molecule has 0 atom stereocenters. The predicted octanol–water partition coefficient (Wildman–Crippen LogP) is 5.43. The highest BCUT2D eigenvalue weighted by molar-refractivity contribution is 6.31. The number of hydrogen-bond acceptors (Lipinski definition) is 2. The van der Waals surface area contributed by atoms with E-state index < -0.39 is 0 Å². The van der Waals surface area contributed by atoms with Crippen LogP contribution in [-0.2, 0) is 24.2 Å². The summed E-state index contributed by atoms with van der Waals surface area (Å²) in [5.74, 6) is 0. The van der Waals surface area contributed by atoms with Gasteiger partial charge in [0.15, 0.2) is 0 Å². The molecule has 6 heteroatoms. The number of carbonyl (C=O) groups is 1. The molecule has 158 valence electrons. The van der Waals surface area contributed by atoms with E-state index in [0.29, 0.717) is 26.2 Å². The van der Waals surface area contributed by atoms with Crippen LogP contribution in [0.1, 0.15) is 23.7 Å². The van der Waals surface area contributed by atoms with Crippen molar-refractivity contribution in [3.63, 3.8) is 0 Å². The van der Waals surface area contributed by atoms with Gasteiger partial charge in [0.25, 0.3) is 0 Å². The van der Waals surface area contributed by atoms with Gasteiger partial charge >= 0.3 is 6.03 Å². The molecule has 0 aliphatic heterocycles. The van der Waals surface area contributed by atoms with Crippen molar-refractivity contribution in [1.82, 2.24) is 9.47 Å². The average molecular weight is 426 g/mol. The molecule has 3 aromatic rings. The van der Waals surface area contributed by atoms with Crippen LogP contribution in [0.4, 0.5) is 10.5 Å². The van der Waals surface area contributed by atoms with Gasteiger partial charge < -0.3 is 19.5 Å². The third-order valence-corrected chi connectivity index (χ3v) is 5.44. The Balaban J connectivity index is 1.76. The Bertz CT molecular complexity index is 970. The van der Waals surface area contributed by atoms with E-state index in [1.54, 1.807) is 12.0 Å². The molecule has 0 spiro atoms. The number of urea groups is 1. The van der Waals surface area contributed by atoms with E-state index in [-0.39, 0.29) is 6.03 Å². The summed E-state index contributed by atoms with van der Waals surface area (Å²) < 4.78 is 7.35. The van der Waals surface area contributed by atoms with Gasteiger partial charge in [-0.3, -0.25) is 0 Å². The zero-order valence-corrected chi connectivity index (χ0v) is 18.2. The predicted molar refractivity (Wildman–Crippen MR) is 122 cm³/mol. The Hall–Kier alpha value is -2.76. The fourth-order valence-electron chi connectivity index (χ4n) is 3.35. The van der Waals surface area contributed by atoms with E-state index in [1.165, 1.54) is 0 Å². The SMILES string of the molecule is CCc1ccccc1NC(=O)N(CCOC)Cc1cccn1Cc1ccccc1Cl. The van der Waals surface area contributed by atoms with Gasteiger partial charge in [0, 0.05) is 42.8 Å². The Morgan fingerprint density at radius 1 is 1.07 bits per heavy atom. The quantitative estimate of drug-likeness (QED) is 0.496. The molecular formula is C24H28ClN3O2. The molecular weight excluding hydrogens is 398 g/mol. The van der Waals surface area contributed by atoms with Crippen molar-refractivity contribution in [3.8, 4) is 0 Å². The zero-order valence-electron chi connectivity index (χ0n) is 17.5. The van der Waals surface area contributed by atoms with Crippen molar-refractivity contribution in [2.45, 2.75) is 26.4 Å². The fourth-order valence-corrected chi connectivity index (χ4v) is 3.55. The highest BCUT2D eigenvalue weighted by Crippen LogP contribution is 2.19. The molecule has 3 rings (SSSR count). The summed E-state index contributed by atoms with van der Waals surface area (Å²) in [6.45, 7) is 4.17. The number of aromatic nitrogens is 1. The maximum Gasteiger partial charge on any atom is 0.322 e. The van der Waals surface area contributed by atoms with E-state index in [0.717, 1.165) is 34.0 Å². The van der Waals surface area contributed by atoms with Gasteiger partial charge in [-0.05, 0) is 41.8 Å². The number of halogens is 1. The van der Waals surface area contributed by atoms with Gasteiger partial charge in [-0.1, -0.05) is 54.9 Å². The summed E-state index contributed by atoms with van der Waals surface area (Å²) in [6.07, 6.45) is 2.87. The molecule has 5 nitrogen and oxygen atoms in total. The first-order chi connectivity index (χ1) is 14.6. The van der Waals surface area contributed by atoms with E-state index >= 15 is 0 Å². The molecule has 0 unspecified atom stereocenters. The fraction of sp³-hybridized carbons (Fsp3) is 0.292. The number of hydrogen-bond donors (Lipinski definition) is 1. The minimum absolute atomic E-state index is 0.140. The molecule has 1 aromatic heterocycles. The van der Waals surface area contributed by atoms with E-state index in [4.69, 9.17) is 16.3 Å². The number of benzene rings is 2. The number of para-hydroxylation sites is 1. The molecule has 1 heterocycles. The molecule has 0 saturated carbocycles. The van der Waals surface area contributed by atoms with Crippen LogP contribution in [0.15, 0.2) is 66.9 Å². The first kappa shape index (κ1) is 21.9. The molecule has 0 aliphatic rings. The van der Waals surface area contributed by atoms with Crippen LogP contribution in [-0.4, -0.2) is 35.8 Å². The number of carbonyl (C=O) groups excluding carboxylic acids is 1. The first-order valence-electron chi connectivity index (χ1n) is 10.1. The summed E-state index contributed by atoms with van der Waals surface area (Å²) in [4.78, 5) is 14.8. The Morgan fingerprint density at radius 3 is 2.53 bits per heavy atom. The van der Waals surface area contributed by atoms with Crippen LogP contribution in [0.25, 0.3) is 0 Å². The molecule has 0 saturated heterocycles. The van der Waals surface area contributed by atoms with E-state index in [1.807, 2.05) is 66.9 Å². The number of nitrogens with zero attached hydrogens (tertiary/aromatic N) is 2. The summed E-state index contributed by atoms with van der Waals surface area (Å²) in [7, 11) is 1.64. The average Bonchev–Trinajstić information content (AvgIpc) is 3.19. The van der Waals surface area contributed by atoms with Crippen molar-refractivity contribution in [2.24, 2.45) is 0 Å². The highest BCUT2D eigenvalue weighted by Gasteiger charge is 2.17. The van der Waals surface area contributed by atoms with Gasteiger partial charge in [-0.15, -0.1) is 0 Å². The molecule has 0 radical (unpaired) electrons. The number of amides is 2. The van der Waals surface area contributed by atoms with Gasteiger partial charge in [0.2, 0.25) is 0 Å². The van der Waals surface area contributed by atoms with Crippen LogP contribution >= 0.6 is 11.6 Å². The topological polar surface area (TPSA) is 46.5 Å². The largest absolute Gasteiger partial charge is 0.383 e. The Kier molecular flexibility index (Phi) is 7.94. The lowest BCUT2D eigenvalue weighted by molar-refractivity contribution is 0.152. The van der Waals surface area contributed by atoms with Gasteiger partial charge in [0.1, 0.15) is 0 Å². The lowest BCUT2D eigenvalue weighted by Crippen LogP contribution is -2.37. The summed E-state index contributed by atoms with van der Waals surface area (Å²) in [5.41, 5.74) is 4.03. The maximum atomic E-state index is 13.1. The van der Waals surface area contributed by atoms with Crippen LogP contribution < -0.4 is 5.32 Å². The first-order valence-corrected chi connectivity index (χ1v) is 10.5.